The number of aromatic nitrogens is 1. The molecule has 5 heteroatoms. The molecule has 2 heterocycles. The van der Waals surface area contributed by atoms with Crippen molar-refractivity contribution in [3.8, 4) is 0 Å². The van der Waals surface area contributed by atoms with Crippen LogP contribution in [0.2, 0.25) is 0 Å². The minimum atomic E-state index is -0.0694. The molecule has 3 N–H and O–H groups in total. The summed E-state index contributed by atoms with van der Waals surface area (Å²) in [6.45, 7) is 0.744. The average Bonchev–Trinajstić information content (AvgIpc) is 2.80. The van der Waals surface area contributed by atoms with Gasteiger partial charge in [-0.2, -0.15) is 11.8 Å². The van der Waals surface area contributed by atoms with Gasteiger partial charge in [-0.25, -0.2) is 4.98 Å². The Kier molecular flexibility index (Phi) is 3.66. The molecule has 1 aliphatic heterocycles. The van der Waals surface area contributed by atoms with Gasteiger partial charge in [0.05, 0.1) is 5.56 Å². The van der Waals surface area contributed by atoms with E-state index in [4.69, 9.17) is 5.73 Å². The molecule has 1 aliphatic rings. The van der Waals surface area contributed by atoms with Crippen molar-refractivity contribution < 1.29 is 4.79 Å². The van der Waals surface area contributed by atoms with Crippen molar-refractivity contribution in [1.29, 1.82) is 0 Å². The first kappa shape index (κ1) is 11.3. The van der Waals surface area contributed by atoms with Gasteiger partial charge in [-0.3, -0.25) is 4.79 Å². The summed E-state index contributed by atoms with van der Waals surface area (Å²) in [7, 11) is 0. The summed E-state index contributed by atoms with van der Waals surface area (Å²) in [6, 6.07) is 3.33. The van der Waals surface area contributed by atoms with E-state index < -0.39 is 0 Å². The molecule has 0 spiro atoms. The molecule has 0 radical (unpaired) electrons. The van der Waals surface area contributed by atoms with Crippen LogP contribution in [0.3, 0.4) is 0 Å². The molecule has 0 saturated carbocycles. The Morgan fingerprint density at radius 1 is 1.62 bits per heavy atom. The molecule has 1 atom stereocenters. The fourth-order valence-corrected chi connectivity index (χ4v) is 2.85. The van der Waals surface area contributed by atoms with E-state index in [0.717, 1.165) is 6.54 Å². The van der Waals surface area contributed by atoms with E-state index in [9.17, 15) is 4.79 Å². The van der Waals surface area contributed by atoms with Crippen molar-refractivity contribution in [3.05, 3.63) is 23.9 Å². The van der Waals surface area contributed by atoms with Crippen LogP contribution in [0, 0.1) is 0 Å². The third-order valence-corrected chi connectivity index (χ3v) is 3.96. The maximum Gasteiger partial charge on any atom is 0.252 e. The van der Waals surface area contributed by atoms with Crippen LogP contribution in [-0.4, -0.2) is 28.4 Å². The molecule has 0 bridgehead atoms. The molecular weight excluding hydrogens is 222 g/mol. The summed E-state index contributed by atoms with van der Waals surface area (Å²) in [5, 5.41) is 3.49. The summed E-state index contributed by atoms with van der Waals surface area (Å²) in [5.74, 6) is 1.58. The lowest BCUT2D eigenvalue weighted by Gasteiger charge is -2.09. The van der Waals surface area contributed by atoms with Crippen molar-refractivity contribution in [2.45, 2.75) is 18.1 Å². The molecule has 1 aromatic rings. The number of thioether (sulfide) groups is 1. The van der Waals surface area contributed by atoms with Gasteiger partial charge in [0, 0.05) is 18.0 Å². The SMILES string of the molecule is Nc1ccc(C(=O)NCC2CCCS2)cn1. The molecule has 4 nitrogen and oxygen atoms in total. The van der Waals surface area contributed by atoms with Gasteiger partial charge >= 0.3 is 0 Å². The molecule has 0 aliphatic carbocycles. The normalized spacial score (nSPS) is 19.6. The predicted molar refractivity (Wildman–Crippen MR) is 66.5 cm³/mol. The van der Waals surface area contributed by atoms with Crippen molar-refractivity contribution >= 4 is 23.5 Å². The van der Waals surface area contributed by atoms with Gasteiger partial charge in [-0.05, 0) is 30.7 Å². The summed E-state index contributed by atoms with van der Waals surface area (Å²) in [6.07, 6.45) is 3.96. The largest absolute Gasteiger partial charge is 0.384 e. The van der Waals surface area contributed by atoms with Crippen molar-refractivity contribution in [2.24, 2.45) is 0 Å². The molecule has 1 amide bonds. The van der Waals surface area contributed by atoms with Gasteiger partial charge < -0.3 is 11.1 Å². The highest BCUT2D eigenvalue weighted by Crippen LogP contribution is 2.25. The number of nitrogens with one attached hydrogen (secondary N) is 1. The Morgan fingerprint density at radius 3 is 3.12 bits per heavy atom. The Balaban J connectivity index is 1.85. The minimum Gasteiger partial charge on any atom is -0.384 e. The second-order valence-corrected chi connectivity index (χ2v) is 5.23. The van der Waals surface area contributed by atoms with Crippen LogP contribution < -0.4 is 11.1 Å². The highest BCUT2D eigenvalue weighted by Gasteiger charge is 2.16. The molecule has 1 saturated heterocycles. The number of hydrogen-bond acceptors (Lipinski definition) is 4. The first-order valence-corrected chi connectivity index (χ1v) is 6.42. The monoisotopic (exact) mass is 237 g/mol. The van der Waals surface area contributed by atoms with Crippen LogP contribution in [0.4, 0.5) is 5.82 Å². The van der Waals surface area contributed by atoms with E-state index in [1.165, 1.54) is 24.8 Å². The van der Waals surface area contributed by atoms with E-state index in [0.29, 0.717) is 16.6 Å². The number of nitrogens with two attached hydrogens (primary N) is 1. The van der Waals surface area contributed by atoms with Crippen LogP contribution in [0.1, 0.15) is 23.2 Å². The van der Waals surface area contributed by atoms with Gasteiger partial charge in [0.2, 0.25) is 0 Å². The molecule has 2 rings (SSSR count). The van der Waals surface area contributed by atoms with E-state index in [1.54, 1.807) is 12.1 Å². The lowest BCUT2D eigenvalue weighted by molar-refractivity contribution is 0.0953. The lowest BCUT2D eigenvalue weighted by atomic mass is 10.2. The zero-order valence-electron chi connectivity index (χ0n) is 8.98. The van der Waals surface area contributed by atoms with Crippen LogP contribution in [0.5, 0.6) is 0 Å². The Labute approximate surface area is 99.0 Å². The summed E-state index contributed by atoms with van der Waals surface area (Å²) in [5.41, 5.74) is 6.02. The predicted octanol–water partition coefficient (Wildman–Crippen LogP) is 1.29. The molecule has 0 aromatic carbocycles. The number of nitrogens with zero attached hydrogens (tertiary/aromatic N) is 1. The topological polar surface area (TPSA) is 68.0 Å². The standard InChI is InChI=1S/C11H15N3OS/c12-10-4-3-8(6-13-10)11(15)14-7-9-2-1-5-16-9/h3-4,6,9H,1-2,5,7H2,(H2,12,13)(H,14,15). The number of amides is 1. The summed E-state index contributed by atoms with van der Waals surface area (Å²) >= 11 is 1.93. The molecular formula is C11H15N3OS. The third-order valence-electron chi connectivity index (χ3n) is 2.56. The fraction of sp³-hybridized carbons (Fsp3) is 0.455. The second-order valence-electron chi connectivity index (χ2n) is 3.82. The van der Waals surface area contributed by atoms with Crippen molar-refractivity contribution in [1.82, 2.24) is 10.3 Å². The fourth-order valence-electron chi connectivity index (χ4n) is 1.65. The van der Waals surface area contributed by atoms with Gasteiger partial charge in [0.25, 0.3) is 5.91 Å². The van der Waals surface area contributed by atoms with E-state index in [2.05, 4.69) is 10.3 Å². The Morgan fingerprint density at radius 2 is 2.50 bits per heavy atom. The average molecular weight is 237 g/mol. The number of carbonyl (C=O) groups excluding carboxylic acids is 1. The number of nitrogen functional groups attached to an aromatic ring is 1. The molecule has 16 heavy (non-hydrogen) atoms. The number of hydrogen-bond donors (Lipinski definition) is 2. The van der Waals surface area contributed by atoms with Crippen LogP contribution in [0.25, 0.3) is 0 Å². The van der Waals surface area contributed by atoms with E-state index in [-0.39, 0.29) is 5.91 Å². The zero-order chi connectivity index (χ0) is 11.4. The van der Waals surface area contributed by atoms with Gasteiger partial charge in [-0.1, -0.05) is 0 Å². The maximum absolute atomic E-state index is 11.7. The second kappa shape index (κ2) is 5.21. The lowest BCUT2D eigenvalue weighted by Crippen LogP contribution is -2.29. The minimum absolute atomic E-state index is 0.0694. The molecule has 1 fully saturated rings. The molecule has 1 aromatic heterocycles. The first-order chi connectivity index (χ1) is 7.75. The van der Waals surface area contributed by atoms with Gasteiger partial charge in [-0.15, -0.1) is 0 Å². The number of carbonyl (C=O) groups is 1. The zero-order valence-corrected chi connectivity index (χ0v) is 9.80. The summed E-state index contributed by atoms with van der Waals surface area (Å²) in [4.78, 5) is 15.6. The number of pyridine rings is 1. The Bertz CT molecular complexity index is 360. The van der Waals surface area contributed by atoms with Crippen LogP contribution in [0.15, 0.2) is 18.3 Å². The number of rotatable bonds is 3. The first-order valence-electron chi connectivity index (χ1n) is 5.37. The van der Waals surface area contributed by atoms with Crippen LogP contribution in [-0.2, 0) is 0 Å². The Hall–Kier alpha value is -1.23. The summed E-state index contributed by atoms with van der Waals surface area (Å²) < 4.78 is 0. The third kappa shape index (κ3) is 2.88. The van der Waals surface area contributed by atoms with Gasteiger partial charge in [0.1, 0.15) is 5.82 Å². The van der Waals surface area contributed by atoms with Crippen molar-refractivity contribution in [2.75, 3.05) is 18.0 Å². The number of anilines is 1. The van der Waals surface area contributed by atoms with E-state index in [1.807, 2.05) is 11.8 Å². The van der Waals surface area contributed by atoms with Crippen molar-refractivity contribution in [3.63, 3.8) is 0 Å². The maximum atomic E-state index is 11.7. The quantitative estimate of drug-likeness (QED) is 0.831. The highest BCUT2D eigenvalue weighted by atomic mass is 32.2. The smallest absolute Gasteiger partial charge is 0.252 e. The van der Waals surface area contributed by atoms with Crippen LogP contribution >= 0.6 is 11.8 Å². The van der Waals surface area contributed by atoms with Gasteiger partial charge in [0.15, 0.2) is 0 Å². The highest BCUT2D eigenvalue weighted by molar-refractivity contribution is 8.00. The molecule has 86 valence electrons. The molecule has 1 unspecified atom stereocenters. The van der Waals surface area contributed by atoms with E-state index >= 15 is 0 Å².